The molecule has 0 aromatic heterocycles. The topological polar surface area (TPSA) is 20.2 Å². The number of hydrogen-bond acceptors (Lipinski definition) is 1. The Morgan fingerprint density at radius 3 is 2.44 bits per heavy atom. The molecule has 0 heterocycles. The minimum Gasteiger partial charge on any atom is -0.388 e. The lowest BCUT2D eigenvalue weighted by Crippen LogP contribution is -2.12. The first-order valence-electron chi connectivity index (χ1n) is 4.91. The van der Waals surface area contributed by atoms with E-state index in [-0.39, 0.29) is 12.0 Å². The van der Waals surface area contributed by atoms with E-state index >= 15 is 0 Å². The van der Waals surface area contributed by atoms with Gasteiger partial charge >= 0.3 is 6.18 Å². The van der Waals surface area contributed by atoms with Crippen LogP contribution in [0.25, 0.3) is 0 Å². The van der Waals surface area contributed by atoms with Gasteiger partial charge in [-0.15, -0.1) is 0 Å². The van der Waals surface area contributed by atoms with Crippen LogP contribution in [0.1, 0.15) is 37.0 Å². The molecule has 1 N–H and O–H groups in total. The maximum absolute atomic E-state index is 12.7. The van der Waals surface area contributed by atoms with Crippen LogP contribution in [0, 0.1) is 5.82 Å². The summed E-state index contributed by atoms with van der Waals surface area (Å²) in [6, 6.07) is 2.32. The highest BCUT2D eigenvalue weighted by Gasteiger charge is 2.35. The third-order valence-corrected chi connectivity index (χ3v) is 2.24. The zero-order valence-electron chi connectivity index (χ0n) is 8.68. The molecule has 0 spiro atoms. The standard InChI is InChI=1S/C11H12F4O/c1-2-3-10(16)8-5-4-7(12)6-9(8)11(13,14)15/h4-6,10,16H,2-3H2,1H3/t10-/m0/s1. The molecule has 0 bridgehead atoms. The lowest BCUT2D eigenvalue weighted by Gasteiger charge is -2.17. The van der Waals surface area contributed by atoms with Gasteiger partial charge in [-0.05, 0) is 24.1 Å². The molecule has 0 amide bonds. The van der Waals surface area contributed by atoms with E-state index in [1.165, 1.54) is 0 Å². The van der Waals surface area contributed by atoms with Crippen molar-refractivity contribution in [3.8, 4) is 0 Å². The highest BCUT2D eigenvalue weighted by atomic mass is 19.4. The molecule has 1 aromatic rings. The van der Waals surface area contributed by atoms with Crippen molar-refractivity contribution in [3.05, 3.63) is 35.1 Å². The summed E-state index contributed by atoms with van der Waals surface area (Å²) in [5.41, 5.74) is -1.37. The summed E-state index contributed by atoms with van der Waals surface area (Å²) in [7, 11) is 0. The third-order valence-electron chi connectivity index (χ3n) is 2.24. The first-order chi connectivity index (χ1) is 7.36. The van der Waals surface area contributed by atoms with Gasteiger partial charge < -0.3 is 5.11 Å². The van der Waals surface area contributed by atoms with Gasteiger partial charge in [0, 0.05) is 0 Å². The van der Waals surface area contributed by atoms with E-state index in [1.807, 2.05) is 0 Å². The Hall–Kier alpha value is -1.10. The quantitative estimate of drug-likeness (QED) is 0.794. The molecule has 1 aromatic carbocycles. The molecule has 0 aliphatic carbocycles. The second-order valence-corrected chi connectivity index (χ2v) is 3.53. The van der Waals surface area contributed by atoms with Gasteiger partial charge in [0.1, 0.15) is 5.82 Å². The molecule has 1 atom stereocenters. The van der Waals surface area contributed by atoms with Gasteiger partial charge in [-0.25, -0.2) is 4.39 Å². The van der Waals surface area contributed by atoms with Crippen LogP contribution in [0.5, 0.6) is 0 Å². The molecule has 0 saturated heterocycles. The molecule has 0 radical (unpaired) electrons. The molecule has 0 fully saturated rings. The third kappa shape index (κ3) is 2.95. The average Bonchev–Trinajstić information content (AvgIpc) is 2.16. The van der Waals surface area contributed by atoms with Crippen LogP contribution >= 0.6 is 0 Å². The molecule has 90 valence electrons. The predicted molar refractivity (Wildman–Crippen MR) is 51.3 cm³/mol. The van der Waals surface area contributed by atoms with Crippen molar-refractivity contribution in [3.63, 3.8) is 0 Å². The first kappa shape index (κ1) is 13.0. The van der Waals surface area contributed by atoms with Gasteiger partial charge in [-0.2, -0.15) is 13.2 Å². The summed E-state index contributed by atoms with van der Waals surface area (Å²) in [6.45, 7) is 1.75. The summed E-state index contributed by atoms with van der Waals surface area (Å²) in [5.74, 6) is -0.959. The summed E-state index contributed by atoms with van der Waals surface area (Å²) in [6.07, 6.45) is -5.08. The lowest BCUT2D eigenvalue weighted by atomic mass is 9.99. The molecule has 1 nitrogen and oxygen atoms in total. The Morgan fingerprint density at radius 1 is 1.31 bits per heavy atom. The summed E-state index contributed by atoms with van der Waals surface area (Å²) in [4.78, 5) is 0. The molecule has 1 rings (SSSR count). The van der Waals surface area contributed by atoms with Crippen LogP contribution in [-0.2, 0) is 6.18 Å². The van der Waals surface area contributed by atoms with Crippen molar-refractivity contribution in [1.82, 2.24) is 0 Å². The molecule has 0 saturated carbocycles. The largest absolute Gasteiger partial charge is 0.416 e. The monoisotopic (exact) mass is 236 g/mol. The van der Waals surface area contributed by atoms with Crippen LogP contribution in [-0.4, -0.2) is 5.11 Å². The molecule has 16 heavy (non-hydrogen) atoms. The number of rotatable bonds is 3. The van der Waals surface area contributed by atoms with Crippen LogP contribution in [0.15, 0.2) is 18.2 Å². The Labute approximate surface area is 90.7 Å². The number of alkyl halides is 3. The second-order valence-electron chi connectivity index (χ2n) is 3.53. The Morgan fingerprint density at radius 2 is 1.94 bits per heavy atom. The fraction of sp³-hybridized carbons (Fsp3) is 0.455. The summed E-state index contributed by atoms with van der Waals surface area (Å²) < 4.78 is 50.4. The second kappa shape index (κ2) is 4.82. The number of aliphatic hydroxyl groups is 1. The van der Waals surface area contributed by atoms with Crippen molar-refractivity contribution in [1.29, 1.82) is 0 Å². The van der Waals surface area contributed by atoms with Gasteiger partial charge in [0.2, 0.25) is 0 Å². The van der Waals surface area contributed by atoms with Crippen molar-refractivity contribution in [2.24, 2.45) is 0 Å². The number of benzene rings is 1. The Kier molecular flexibility index (Phi) is 3.91. The van der Waals surface area contributed by atoms with Crippen LogP contribution in [0.3, 0.4) is 0 Å². The maximum Gasteiger partial charge on any atom is 0.416 e. The van der Waals surface area contributed by atoms with Crippen molar-refractivity contribution in [2.45, 2.75) is 32.0 Å². The highest BCUT2D eigenvalue weighted by molar-refractivity contribution is 5.32. The van der Waals surface area contributed by atoms with Crippen LogP contribution in [0.4, 0.5) is 17.6 Å². The number of hydrogen-bond donors (Lipinski definition) is 1. The molecule has 0 aliphatic rings. The summed E-state index contributed by atoms with van der Waals surface area (Å²) in [5, 5.41) is 9.53. The van der Waals surface area contributed by atoms with Crippen LogP contribution in [0.2, 0.25) is 0 Å². The fourth-order valence-corrected chi connectivity index (χ4v) is 1.49. The number of aliphatic hydroxyl groups excluding tert-OH is 1. The van der Waals surface area contributed by atoms with Crippen molar-refractivity contribution >= 4 is 0 Å². The Bertz CT molecular complexity index is 359. The SMILES string of the molecule is CCC[C@H](O)c1ccc(F)cc1C(F)(F)F. The molecule has 0 unspecified atom stereocenters. The van der Waals surface area contributed by atoms with Gasteiger partial charge in [-0.1, -0.05) is 19.4 Å². The van der Waals surface area contributed by atoms with E-state index in [0.717, 1.165) is 12.1 Å². The summed E-state index contributed by atoms with van der Waals surface area (Å²) >= 11 is 0. The molecule has 0 aliphatic heterocycles. The van der Waals surface area contributed by atoms with E-state index in [4.69, 9.17) is 0 Å². The van der Waals surface area contributed by atoms with Gasteiger partial charge in [-0.3, -0.25) is 0 Å². The van der Waals surface area contributed by atoms with E-state index in [9.17, 15) is 22.7 Å². The van der Waals surface area contributed by atoms with Gasteiger partial charge in [0.05, 0.1) is 11.7 Å². The average molecular weight is 236 g/mol. The maximum atomic E-state index is 12.7. The lowest BCUT2D eigenvalue weighted by molar-refractivity contribution is -0.139. The molecular weight excluding hydrogens is 224 g/mol. The molecule has 5 heteroatoms. The zero-order chi connectivity index (χ0) is 12.3. The zero-order valence-corrected chi connectivity index (χ0v) is 8.68. The first-order valence-corrected chi connectivity index (χ1v) is 4.91. The number of halogens is 4. The van der Waals surface area contributed by atoms with Crippen LogP contribution < -0.4 is 0 Å². The predicted octanol–water partition coefficient (Wildman–Crippen LogP) is 3.68. The van der Waals surface area contributed by atoms with Crippen molar-refractivity contribution in [2.75, 3.05) is 0 Å². The van der Waals surface area contributed by atoms with Crippen molar-refractivity contribution < 1.29 is 22.7 Å². The smallest absolute Gasteiger partial charge is 0.388 e. The highest BCUT2D eigenvalue weighted by Crippen LogP contribution is 2.36. The van der Waals surface area contributed by atoms with E-state index in [1.54, 1.807) is 6.92 Å². The fourth-order valence-electron chi connectivity index (χ4n) is 1.49. The van der Waals surface area contributed by atoms with Gasteiger partial charge in [0.25, 0.3) is 0 Å². The minimum absolute atomic E-state index is 0.217. The van der Waals surface area contributed by atoms with Gasteiger partial charge in [0.15, 0.2) is 0 Å². The van der Waals surface area contributed by atoms with E-state index in [2.05, 4.69) is 0 Å². The Balaban J connectivity index is 3.18. The van der Waals surface area contributed by atoms with E-state index < -0.39 is 23.7 Å². The molecular formula is C11H12F4O. The normalized spacial score (nSPS) is 13.9. The van der Waals surface area contributed by atoms with E-state index in [0.29, 0.717) is 12.5 Å². The minimum atomic E-state index is -4.65.